The molecule has 1 atom stereocenters. The van der Waals surface area contributed by atoms with Crippen LogP contribution in [0.4, 0.5) is 0 Å². The quantitative estimate of drug-likeness (QED) is 0.214. The summed E-state index contributed by atoms with van der Waals surface area (Å²) in [7, 11) is 0. The summed E-state index contributed by atoms with van der Waals surface area (Å²) in [5, 5.41) is 0. The number of ether oxygens (including phenoxy) is 1. The van der Waals surface area contributed by atoms with Crippen LogP contribution in [-0.2, 0) is 6.42 Å². The van der Waals surface area contributed by atoms with Crippen molar-refractivity contribution >= 4 is 0 Å². The molecule has 33 heavy (non-hydrogen) atoms. The number of hydrogen-bond donors (Lipinski definition) is 0. The van der Waals surface area contributed by atoms with Gasteiger partial charge in [0.15, 0.2) is 0 Å². The number of allylic oxidation sites excluding steroid dienone is 4. The molecule has 1 fully saturated rings. The standard InChI is InChI=1S/C32H50O/c1-4-5-6-9-27-11-13-29(14-12-27)15-16-30-21-23-32(24-22-30)33-25-31-19-17-28(18-20-31)10-7-8-26(2)3/h8,17,21-24,27,29,31H,4-7,9-16,18-20,25H2,1-3H3. The highest BCUT2D eigenvalue weighted by atomic mass is 16.5. The third-order valence-electron chi connectivity index (χ3n) is 8.06. The van der Waals surface area contributed by atoms with Crippen molar-refractivity contribution in [2.45, 2.75) is 117 Å². The molecule has 2 aliphatic carbocycles. The van der Waals surface area contributed by atoms with E-state index in [-0.39, 0.29) is 0 Å². The van der Waals surface area contributed by atoms with Crippen LogP contribution in [0.1, 0.15) is 116 Å². The number of aryl methyl sites for hydroxylation is 1. The summed E-state index contributed by atoms with van der Waals surface area (Å²) in [6, 6.07) is 8.99. The zero-order valence-corrected chi connectivity index (χ0v) is 21.9. The Balaban J connectivity index is 1.29. The van der Waals surface area contributed by atoms with E-state index in [1.54, 1.807) is 5.57 Å². The van der Waals surface area contributed by atoms with Crippen LogP contribution < -0.4 is 4.74 Å². The van der Waals surface area contributed by atoms with Crippen LogP contribution in [0, 0.1) is 17.8 Å². The molecule has 3 rings (SSSR count). The highest BCUT2D eigenvalue weighted by Crippen LogP contribution is 2.34. The van der Waals surface area contributed by atoms with Crippen LogP contribution in [0.15, 0.2) is 47.6 Å². The Labute approximate surface area is 205 Å². The Morgan fingerprint density at radius 3 is 2.24 bits per heavy atom. The first kappa shape index (κ1) is 26.1. The Morgan fingerprint density at radius 2 is 1.61 bits per heavy atom. The summed E-state index contributed by atoms with van der Waals surface area (Å²) in [6.07, 6.45) is 25.2. The van der Waals surface area contributed by atoms with Crippen LogP contribution in [0.5, 0.6) is 5.75 Å². The van der Waals surface area contributed by atoms with E-state index >= 15 is 0 Å². The Morgan fingerprint density at radius 1 is 0.879 bits per heavy atom. The van der Waals surface area contributed by atoms with Gasteiger partial charge in [0, 0.05) is 0 Å². The molecule has 1 aromatic rings. The van der Waals surface area contributed by atoms with Gasteiger partial charge in [0.2, 0.25) is 0 Å². The fourth-order valence-electron chi connectivity index (χ4n) is 5.70. The topological polar surface area (TPSA) is 9.23 Å². The monoisotopic (exact) mass is 450 g/mol. The molecular formula is C32H50O. The van der Waals surface area contributed by atoms with Crippen molar-refractivity contribution in [3.63, 3.8) is 0 Å². The van der Waals surface area contributed by atoms with E-state index in [0.29, 0.717) is 5.92 Å². The minimum Gasteiger partial charge on any atom is -0.493 e. The molecule has 1 unspecified atom stereocenters. The predicted molar refractivity (Wildman–Crippen MR) is 144 cm³/mol. The summed E-state index contributed by atoms with van der Waals surface area (Å²) in [4.78, 5) is 0. The molecule has 0 N–H and O–H groups in total. The van der Waals surface area contributed by atoms with Gasteiger partial charge in [-0.05, 0) is 94.2 Å². The van der Waals surface area contributed by atoms with E-state index in [2.05, 4.69) is 57.2 Å². The summed E-state index contributed by atoms with van der Waals surface area (Å²) >= 11 is 0. The highest BCUT2D eigenvalue weighted by Gasteiger charge is 2.20. The van der Waals surface area contributed by atoms with Crippen molar-refractivity contribution < 1.29 is 4.74 Å². The van der Waals surface area contributed by atoms with Crippen molar-refractivity contribution in [1.29, 1.82) is 0 Å². The summed E-state index contributed by atoms with van der Waals surface area (Å²) < 4.78 is 6.16. The van der Waals surface area contributed by atoms with Crippen LogP contribution in [-0.4, -0.2) is 6.61 Å². The summed E-state index contributed by atoms with van der Waals surface area (Å²) in [5.74, 6) is 3.70. The fraction of sp³-hybridized carbons (Fsp3) is 0.688. The zero-order chi connectivity index (χ0) is 23.3. The van der Waals surface area contributed by atoms with E-state index in [0.717, 1.165) is 24.2 Å². The van der Waals surface area contributed by atoms with Gasteiger partial charge in [-0.15, -0.1) is 0 Å². The molecule has 0 radical (unpaired) electrons. The maximum absolute atomic E-state index is 6.16. The smallest absolute Gasteiger partial charge is 0.119 e. The van der Waals surface area contributed by atoms with Crippen LogP contribution in [0.25, 0.3) is 0 Å². The molecule has 0 aliphatic heterocycles. The SMILES string of the molecule is CCCCCC1CCC(CCc2ccc(OCC3CC=C(CCC=C(C)C)CC3)cc2)CC1. The van der Waals surface area contributed by atoms with Crippen LogP contribution >= 0.6 is 0 Å². The van der Waals surface area contributed by atoms with Gasteiger partial charge in [0.05, 0.1) is 6.61 Å². The molecule has 0 saturated heterocycles. The van der Waals surface area contributed by atoms with Gasteiger partial charge >= 0.3 is 0 Å². The van der Waals surface area contributed by atoms with E-state index in [9.17, 15) is 0 Å². The summed E-state index contributed by atoms with van der Waals surface area (Å²) in [6.45, 7) is 7.55. The lowest BCUT2D eigenvalue weighted by Gasteiger charge is -2.28. The first-order valence-electron chi connectivity index (χ1n) is 14.2. The normalized spacial score (nSPS) is 23.1. The highest BCUT2D eigenvalue weighted by molar-refractivity contribution is 5.27. The van der Waals surface area contributed by atoms with E-state index < -0.39 is 0 Å². The number of benzene rings is 1. The maximum Gasteiger partial charge on any atom is 0.119 e. The number of hydrogen-bond acceptors (Lipinski definition) is 1. The van der Waals surface area contributed by atoms with E-state index in [4.69, 9.17) is 4.74 Å². The molecule has 1 saturated carbocycles. The lowest BCUT2D eigenvalue weighted by molar-refractivity contribution is 0.236. The summed E-state index contributed by atoms with van der Waals surface area (Å²) in [5.41, 5.74) is 4.57. The molecule has 0 aromatic heterocycles. The molecular weight excluding hydrogens is 400 g/mol. The van der Waals surface area contributed by atoms with Gasteiger partial charge in [-0.25, -0.2) is 0 Å². The van der Waals surface area contributed by atoms with Gasteiger partial charge in [0.1, 0.15) is 5.75 Å². The second kappa shape index (κ2) is 14.7. The number of unbranched alkanes of at least 4 members (excludes halogenated alkanes) is 2. The molecule has 184 valence electrons. The van der Waals surface area contributed by atoms with Crippen LogP contribution in [0.3, 0.4) is 0 Å². The minimum absolute atomic E-state index is 0.675. The first-order chi connectivity index (χ1) is 16.1. The van der Waals surface area contributed by atoms with Gasteiger partial charge in [0.25, 0.3) is 0 Å². The molecule has 1 nitrogen and oxygen atoms in total. The van der Waals surface area contributed by atoms with Gasteiger partial charge in [-0.2, -0.15) is 0 Å². The van der Waals surface area contributed by atoms with Crippen LogP contribution in [0.2, 0.25) is 0 Å². The molecule has 0 bridgehead atoms. The van der Waals surface area contributed by atoms with Gasteiger partial charge in [-0.3, -0.25) is 0 Å². The third kappa shape index (κ3) is 10.1. The van der Waals surface area contributed by atoms with Crippen molar-refractivity contribution in [2.24, 2.45) is 17.8 Å². The molecule has 2 aliphatic rings. The fourth-order valence-corrected chi connectivity index (χ4v) is 5.70. The zero-order valence-electron chi connectivity index (χ0n) is 21.9. The van der Waals surface area contributed by atoms with Crippen molar-refractivity contribution in [3.05, 3.63) is 53.1 Å². The predicted octanol–water partition coefficient (Wildman–Crippen LogP) is 9.86. The van der Waals surface area contributed by atoms with Crippen molar-refractivity contribution in [1.82, 2.24) is 0 Å². The molecule has 0 heterocycles. The lowest BCUT2D eigenvalue weighted by atomic mass is 9.78. The van der Waals surface area contributed by atoms with Gasteiger partial charge < -0.3 is 4.74 Å². The molecule has 1 aromatic carbocycles. The molecule has 0 amide bonds. The van der Waals surface area contributed by atoms with Crippen molar-refractivity contribution in [3.8, 4) is 5.75 Å². The van der Waals surface area contributed by atoms with E-state index in [1.807, 2.05) is 0 Å². The third-order valence-corrected chi connectivity index (χ3v) is 8.06. The molecule has 1 heteroatoms. The molecule has 0 spiro atoms. The lowest BCUT2D eigenvalue weighted by Crippen LogP contribution is -2.15. The Hall–Kier alpha value is -1.50. The maximum atomic E-state index is 6.16. The first-order valence-corrected chi connectivity index (χ1v) is 14.2. The Bertz CT molecular complexity index is 713. The largest absolute Gasteiger partial charge is 0.493 e. The Kier molecular flexibility index (Phi) is 11.6. The van der Waals surface area contributed by atoms with E-state index in [1.165, 1.54) is 107 Å². The average molecular weight is 451 g/mol. The second-order valence-corrected chi connectivity index (χ2v) is 11.2. The second-order valence-electron chi connectivity index (χ2n) is 11.2. The van der Waals surface area contributed by atoms with Crippen molar-refractivity contribution in [2.75, 3.05) is 6.61 Å². The average Bonchev–Trinajstić information content (AvgIpc) is 2.84. The van der Waals surface area contributed by atoms with Gasteiger partial charge in [-0.1, -0.05) is 93.7 Å². The minimum atomic E-state index is 0.675. The number of rotatable bonds is 13.